The zero-order valence-electron chi connectivity index (χ0n) is 18.0. The Hall–Kier alpha value is -2.62. The van der Waals surface area contributed by atoms with Gasteiger partial charge in [0.15, 0.2) is 5.58 Å². The Labute approximate surface area is 179 Å². The molecule has 0 radical (unpaired) electrons. The minimum Gasteiger partial charge on any atom is -0.438 e. The van der Waals surface area contributed by atoms with Crippen LogP contribution in [-0.4, -0.2) is 22.3 Å². The fourth-order valence-electron chi connectivity index (χ4n) is 4.42. The lowest BCUT2D eigenvalue weighted by molar-refractivity contribution is -0.132. The summed E-state index contributed by atoms with van der Waals surface area (Å²) in [6.45, 7) is 3.04. The third-order valence-electron chi connectivity index (χ3n) is 6.11. The van der Waals surface area contributed by atoms with Gasteiger partial charge >= 0.3 is 0 Å². The van der Waals surface area contributed by atoms with Gasteiger partial charge in [-0.2, -0.15) is 0 Å². The Morgan fingerprint density at radius 1 is 1.03 bits per heavy atom. The molecule has 0 aliphatic carbocycles. The van der Waals surface area contributed by atoms with E-state index in [9.17, 15) is 4.79 Å². The van der Waals surface area contributed by atoms with Crippen LogP contribution in [0.3, 0.4) is 0 Å². The van der Waals surface area contributed by atoms with Crippen LogP contribution < -0.4 is 0 Å². The molecule has 1 saturated heterocycles. The first-order valence-corrected chi connectivity index (χ1v) is 11.5. The Morgan fingerprint density at radius 3 is 2.67 bits per heavy atom. The summed E-state index contributed by atoms with van der Waals surface area (Å²) in [4.78, 5) is 19.6. The second-order valence-electron chi connectivity index (χ2n) is 8.36. The minimum atomic E-state index is -0.0230. The predicted octanol–water partition coefficient (Wildman–Crippen LogP) is 6.91. The van der Waals surface area contributed by atoms with Gasteiger partial charge in [-0.15, -0.1) is 0 Å². The molecule has 1 atom stereocenters. The van der Waals surface area contributed by atoms with E-state index in [1.807, 2.05) is 29.2 Å². The van der Waals surface area contributed by atoms with Crippen molar-refractivity contribution < 1.29 is 9.21 Å². The summed E-state index contributed by atoms with van der Waals surface area (Å²) in [5, 5.41) is 0. The highest BCUT2D eigenvalue weighted by atomic mass is 16.3. The SMILES string of the molecule is CCCCCCCCC(=O)N1CCC[C@H]1c1nc2cc(-c3ccccc3)ccc2o1. The monoisotopic (exact) mass is 404 g/mol. The smallest absolute Gasteiger partial charge is 0.223 e. The molecule has 1 amide bonds. The molecule has 2 aromatic carbocycles. The summed E-state index contributed by atoms with van der Waals surface area (Å²) >= 11 is 0. The van der Waals surface area contributed by atoms with Crippen LogP contribution in [0.4, 0.5) is 0 Å². The molecular formula is C26H32N2O2. The van der Waals surface area contributed by atoms with Gasteiger partial charge in [-0.05, 0) is 42.5 Å². The molecule has 1 aromatic heterocycles. The molecular weight excluding hydrogens is 372 g/mol. The van der Waals surface area contributed by atoms with Crippen molar-refractivity contribution in [2.45, 2.75) is 70.8 Å². The Morgan fingerprint density at radius 2 is 1.83 bits per heavy atom. The van der Waals surface area contributed by atoms with Gasteiger partial charge in [0.1, 0.15) is 11.6 Å². The summed E-state index contributed by atoms with van der Waals surface area (Å²) in [7, 11) is 0. The van der Waals surface area contributed by atoms with Gasteiger partial charge in [0.2, 0.25) is 11.8 Å². The molecule has 0 N–H and O–H groups in total. The van der Waals surface area contributed by atoms with Crippen LogP contribution in [0, 0.1) is 0 Å². The van der Waals surface area contributed by atoms with Gasteiger partial charge in [0.05, 0.1) is 0 Å². The van der Waals surface area contributed by atoms with Crippen molar-refractivity contribution in [3.8, 4) is 11.1 Å². The zero-order chi connectivity index (χ0) is 20.8. The lowest BCUT2D eigenvalue weighted by Crippen LogP contribution is -2.30. The number of carbonyl (C=O) groups excluding carboxylic acids is 1. The first-order chi connectivity index (χ1) is 14.8. The molecule has 2 heterocycles. The molecule has 3 aromatic rings. The third-order valence-corrected chi connectivity index (χ3v) is 6.11. The van der Waals surface area contributed by atoms with Gasteiger partial charge in [-0.3, -0.25) is 4.79 Å². The highest BCUT2D eigenvalue weighted by Crippen LogP contribution is 2.35. The van der Waals surface area contributed by atoms with Gasteiger partial charge < -0.3 is 9.32 Å². The third kappa shape index (κ3) is 4.75. The Balaban J connectivity index is 1.42. The first-order valence-electron chi connectivity index (χ1n) is 11.5. The molecule has 0 bridgehead atoms. The number of unbranched alkanes of at least 4 members (excludes halogenated alkanes) is 5. The van der Waals surface area contributed by atoms with Crippen molar-refractivity contribution >= 4 is 17.0 Å². The highest BCUT2D eigenvalue weighted by Gasteiger charge is 2.33. The van der Waals surface area contributed by atoms with Gasteiger partial charge in [0.25, 0.3) is 0 Å². The number of rotatable bonds is 9. The second kappa shape index (κ2) is 9.92. The number of amides is 1. The molecule has 4 nitrogen and oxygen atoms in total. The van der Waals surface area contributed by atoms with E-state index in [0.717, 1.165) is 48.9 Å². The van der Waals surface area contributed by atoms with Crippen LogP contribution in [0.2, 0.25) is 0 Å². The van der Waals surface area contributed by atoms with Crippen molar-refractivity contribution in [3.05, 3.63) is 54.4 Å². The average Bonchev–Trinajstić information content (AvgIpc) is 3.43. The van der Waals surface area contributed by atoms with E-state index in [2.05, 4.69) is 31.2 Å². The van der Waals surface area contributed by atoms with E-state index in [1.54, 1.807) is 0 Å². The molecule has 1 aliphatic heterocycles. The minimum absolute atomic E-state index is 0.0230. The summed E-state index contributed by atoms with van der Waals surface area (Å²) in [6.07, 6.45) is 9.79. The molecule has 0 spiro atoms. The van der Waals surface area contributed by atoms with Crippen molar-refractivity contribution in [3.63, 3.8) is 0 Å². The average molecular weight is 405 g/mol. The molecule has 1 fully saturated rings. The molecule has 158 valence electrons. The number of oxazole rings is 1. The van der Waals surface area contributed by atoms with Crippen LogP contribution in [-0.2, 0) is 4.79 Å². The Bertz CT molecular complexity index is 964. The molecule has 0 unspecified atom stereocenters. The van der Waals surface area contributed by atoms with E-state index in [0.29, 0.717) is 12.3 Å². The number of hydrogen-bond donors (Lipinski definition) is 0. The Kier molecular flexibility index (Phi) is 6.83. The van der Waals surface area contributed by atoms with E-state index < -0.39 is 0 Å². The van der Waals surface area contributed by atoms with Crippen molar-refractivity contribution in [2.24, 2.45) is 0 Å². The fourth-order valence-corrected chi connectivity index (χ4v) is 4.42. The number of likely N-dealkylation sites (tertiary alicyclic amines) is 1. The van der Waals surface area contributed by atoms with E-state index in [1.165, 1.54) is 31.2 Å². The maximum absolute atomic E-state index is 12.8. The molecule has 0 saturated carbocycles. The number of fused-ring (bicyclic) bond motifs is 1. The van der Waals surface area contributed by atoms with Crippen LogP contribution in [0.15, 0.2) is 52.9 Å². The number of nitrogens with zero attached hydrogens (tertiary/aromatic N) is 2. The summed E-state index contributed by atoms with van der Waals surface area (Å²) in [6, 6.07) is 16.4. The first kappa shape index (κ1) is 20.6. The number of carbonyl (C=O) groups is 1. The van der Waals surface area contributed by atoms with E-state index in [4.69, 9.17) is 9.40 Å². The zero-order valence-corrected chi connectivity index (χ0v) is 18.0. The lowest BCUT2D eigenvalue weighted by Gasteiger charge is -2.22. The summed E-state index contributed by atoms with van der Waals surface area (Å²) in [5.74, 6) is 0.934. The lowest BCUT2D eigenvalue weighted by atomic mass is 10.1. The maximum Gasteiger partial charge on any atom is 0.223 e. The molecule has 4 rings (SSSR count). The maximum atomic E-state index is 12.8. The predicted molar refractivity (Wildman–Crippen MR) is 121 cm³/mol. The van der Waals surface area contributed by atoms with Crippen LogP contribution in [0.25, 0.3) is 22.2 Å². The number of hydrogen-bond acceptors (Lipinski definition) is 3. The van der Waals surface area contributed by atoms with Crippen molar-refractivity contribution in [1.29, 1.82) is 0 Å². The quantitative estimate of drug-likeness (QED) is 0.364. The van der Waals surface area contributed by atoms with E-state index >= 15 is 0 Å². The van der Waals surface area contributed by atoms with Gasteiger partial charge in [-0.25, -0.2) is 4.98 Å². The standard InChI is InChI=1S/C26H32N2O2/c1-2-3-4-5-6-10-15-25(29)28-18-11-14-23(28)26-27-22-19-21(16-17-24(22)30-26)20-12-8-7-9-13-20/h7-9,12-13,16-17,19,23H,2-6,10-11,14-15,18H2,1H3/t23-/m0/s1. The van der Waals surface area contributed by atoms with Gasteiger partial charge in [-0.1, -0.05) is 75.4 Å². The number of aromatic nitrogens is 1. The topological polar surface area (TPSA) is 46.3 Å². The molecule has 4 heteroatoms. The van der Waals surface area contributed by atoms with Crippen molar-refractivity contribution in [2.75, 3.05) is 6.54 Å². The second-order valence-corrected chi connectivity index (χ2v) is 8.36. The summed E-state index contributed by atoms with van der Waals surface area (Å²) < 4.78 is 6.09. The highest BCUT2D eigenvalue weighted by molar-refractivity contribution is 5.81. The molecule has 1 aliphatic rings. The van der Waals surface area contributed by atoms with Crippen molar-refractivity contribution in [1.82, 2.24) is 9.88 Å². The normalized spacial score (nSPS) is 16.4. The summed E-state index contributed by atoms with van der Waals surface area (Å²) in [5.41, 5.74) is 3.95. The largest absolute Gasteiger partial charge is 0.438 e. The molecule has 30 heavy (non-hydrogen) atoms. The fraction of sp³-hybridized carbons (Fsp3) is 0.462. The van der Waals surface area contributed by atoms with E-state index in [-0.39, 0.29) is 11.9 Å². The van der Waals surface area contributed by atoms with Crippen LogP contribution in [0.1, 0.15) is 76.6 Å². The van der Waals surface area contributed by atoms with Crippen LogP contribution >= 0.6 is 0 Å². The van der Waals surface area contributed by atoms with Gasteiger partial charge in [0, 0.05) is 13.0 Å². The van der Waals surface area contributed by atoms with Crippen LogP contribution in [0.5, 0.6) is 0 Å². The number of benzene rings is 2.